The Balaban J connectivity index is 1.89. The molecule has 1 heterocycles. The average molecular weight is 401 g/mol. The van der Waals surface area contributed by atoms with Crippen molar-refractivity contribution in [1.29, 1.82) is 0 Å². The van der Waals surface area contributed by atoms with Gasteiger partial charge < -0.3 is 15.2 Å². The molecule has 4 rings (SSSR count). The number of hydrogen-bond donors (Lipinski definition) is 1. The van der Waals surface area contributed by atoms with Crippen LogP contribution >= 0.6 is 0 Å². The van der Waals surface area contributed by atoms with Gasteiger partial charge in [-0.25, -0.2) is 4.68 Å². The number of anilines is 1. The van der Waals surface area contributed by atoms with Gasteiger partial charge in [-0.2, -0.15) is 5.10 Å². The highest BCUT2D eigenvalue weighted by molar-refractivity contribution is 5.73. The van der Waals surface area contributed by atoms with Crippen LogP contribution in [0.5, 0.6) is 11.5 Å². The minimum atomic E-state index is -0.440. The number of benzene rings is 2. The maximum Gasteiger partial charge on any atom is 0.153 e. The van der Waals surface area contributed by atoms with Crippen molar-refractivity contribution in [2.75, 3.05) is 20.0 Å². The molecular weight excluding hydrogens is 378 g/mol. The van der Waals surface area contributed by atoms with Gasteiger partial charge in [0.15, 0.2) is 5.82 Å². The molecule has 0 radical (unpaired) electrons. The Kier molecular flexibility index (Phi) is 5.14. The van der Waals surface area contributed by atoms with Gasteiger partial charge in [-0.05, 0) is 41.5 Å². The van der Waals surface area contributed by atoms with Crippen LogP contribution in [0.2, 0.25) is 0 Å². The summed E-state index contributed by atoms with van der Waals surface area (Å²) in [6.07, 6.45) is 8.58. The van der Waals surface area contributed by atoms with Gasteiger partial charge in [-0.3, -0.25) is 4.79 Å². The van der Waals surface area contributed by atoms with Gasteiger partial charge >= 0.3 is 0 Å². The Labute approximate surface area is 175 Å². The first-order valence-corrected chi connectivity index (χ1v) is 9.58. The number of fused-ring (bicyclic) bond motifs is 1. The number of nitrogen functional groups attached to an aromatic ring is 1. The van der Waals surface area contributed by atoms with Crippen LogP contribution in [0.25, 0.3) is 12.3 Å². The van der Waals surface area contributed by atoms with Crippen LogP contribution in [0.1, 0.15) is 22.4 Å². The first kappa shape index (κ1) is 19.5. The Morgan fingerprint density at radius 1 is 1.00 bits per heavy atom. The van der Waals surface area contributed by atoms with Gasteiger partial charge in [0.25, 0.3) is 0 Å². The molecule has 6 nitrogen and oxygen atoms in total. The predicted molar refractivity (Wildman–Crippen MR) is 118 cm³/mol. The zero-order valence-corrected chi connectivity index (χ0v) is 16.9. The van der Waals surface area contributed by atoms with Crippen LogP contribution in [0.3, 0.4) is 0 Å². The lowest BCUT2D eigenvalue weighted by atomic mass is 9.68. The summed E-state index contributed by atoms with van der Waals surface area (Å²) in [6.45, 7) is 0. The summed E-state index contributed by atoms with van der Waals surface area (Å²) in [5.74, 6) is 2.04. The van der Waals surface area contributed by atoms with Crippen molar-refractivity contribution < 1.29 is 14.3 Å². The SMILES string of the molecule is COc1ccc(C2(c3ccc(OC)cc3)C=Cc3c(N)nn(C=CC=O)c3C2)cc1. The molecule has 0 saturated carbocycles. The highest BCUT2D eigenvalue weighted by atomic mass is 16.5. The van der Waals surface area contributed by atoms with E-state index in [0.29, 0.717) is 12.2 Å². The third-order valence-electron chi connectivity index (χ3n) is 5.58. The molecule has 2 aromatic carbocycles. The topological polar surface area (TPSA) is 79.4 Å². The molecule has 3 aromatic rings. The van der Waals surface area contributed by atoms with Gasteiger partial charge in [-0.15, -0.1) is 0 Å². The molecule has 1 aliphatic carbocycles. The summed E-state index contributed by atoms with van der Waals surface area (Å²) in [6, 6.07) is 16.1. The normalized spacial score (nSPS) is 14.5. The second kappa shape index (κ2) is 7.91. The lowest BCUT2D eigenvalue weighted by Gasteiger charge is -2.35. The molecule has 0 bridgehead atoms. The lowest BCUT2D eigenvalue weighted by molar-refractivity contribution is -0.104. The molecule has 0 aliphatic heterocycles. The minimum Gasteiger partial charge on any atom is -0.497 e. The number of aromatic nitrogens is 2. The molecular formula is C24H23N3O3. The Morgan fingerprint density at radius 3 is 2.07 bits per heavy atom. The Morgan fingerprint density at radius 2 is 1.57 bits per heavy atom. The van der Waals surface area contributed by atoms with E-state index < -0.39 is 5.41 Å². The number of rotatable bonds is 6. The maximum absolute atomic E-state index is 10.8. The fraction of sp³-hybridized carbons (Fsp3) is 0.167. The van der Waals surface area contributed by atoms with Gasteiger partial charge in [0.2, 0.25) is 0 Å². The van der Waals surface area contributed by atoms with E-state index in [1.54, 1.807) is 25.1 Å². The zero-order chi connectivity index (χ0) is 21.1. The van der Waals surface area contributed by atoms with Crippen LogP contribution in [0.4, 0.5) is 5.82 Å². The summed E-state index contributed by atoms with van der Waals surface area (Å²) >= 11 is 0. The molecule has 0 unspecified atom stereocenters. The minimum absolute atomic E-state index is 0.440. The lowest BCUT2D eigenvalue weighted by Crippen LogP contribution is -2.31. The van der Waals surface area contributed by atoms with E-state index in [9.17, 15) is 4.79 Å². The molecule has 30 heavy (non-hydrogen) atoms. The number of methoxy groups -OCH3 is 2. The van der Waals surface area contributed by atoms with Crippen molar-refractivity contribution >= 4 is 24.4 Å². The van der Waals surface area contributed by atoms with Crippen molar-refractivity contribution in [2.45, 2.75) is 11.8 Å². The predicted octanol–water partition coefficient (Wildman–Crippen LogP) is 3.71. The first-order valence-electron chi connectivity index (χ1n) is 9.58. The van der Waals surface area contributed by atoms with Gasteiger partial charge in [0.1, 0.15) is 17.8 Å². The van der Waals surface area contributed by atoms with Crippen molar-refractivity contribution in [3.8, 4) is 11.5 Å². The molecule has 152 valence electrons. The number of ether oxygens (including phenoxy) is 2. The number of nitrogens with two attached hydrogens (primary N) is 1. The van der Waals surface area contributed by atoms with Crippen molar-refractivity contribution in [2.24, 2.45) is 0 Å². The summed E-state index contributed by atoms with van der Waals surface area (Å²) < 4.78 is 12.4. The van der Waals surface area contributed by atoms with Crippen molar-refractivity contribution in [3.05, 3.63) is 83.1 Å². The van der Waals surface area contributed by atoms with Crippen LogP contribution in [-0.4, -0.2) is 30.3 Å². The molecule has 0 fully saturated rings. The number of carbonyl (C=O) groups excluding carboxylic acids is 1. The molecule has 0 spiro atoms. The van der Waals surface area contributed by atoms with E-state index in [4.69, 9.17) is 15.2 Å². The highest BCUT2D eigenvalue weighted by Gasteiger charge is 2.37. The van der Waals surface area contributed by atoms with Crippen LogP contribution in [-0.2, 0) is 16.6 Å². The fourth-order valence-electron chi connectivity index (χ4n) is 3.99. The second-order valence-corrected chi connectivity index (χ2v) is 7.11. The molecule has 0 amide bonds. The molecule has 0 saturated heterocycles. The molecule has 1 aromatic heterocycles. The Hall–Kier alpha value is -3.80. The van der Waals surface area contributed by atoms with E-state index in [2.05, 4.69) is 35.4 Å². The van der Waals surface area contributed by atoms with Crippen LogP contribution in [0, 0.1) is 0 Å². The summed E-state index contributed by atoms with van der Waals surface area (Å²) in [5, 5.41) is 4.39. The summed E-state index contributed by atoms with van der Waals surface area (Å²) in [5.41, 5.74) is 9.74. The largest absolute Gasteiger partial charge is 0.497 e. The van der Waals surface area contributed by atoms with Gasteiger partial charge in [0, 0.05) is 23.6 Å². The number of aldehydes is 1. The quantitative estimate of drug-likeness (QED) is 0.503. The third kappa shape index (κ3) is 3.26. The number of nitrogens with zero attached hydrogens (tertiary/aromatic N) is 2. The molecule has 0 atom stereocenters. The van der Waals surface area contributed by atoms with E-state index >= 15 is 0 Å². The maximum atomic E-state index is 10.8. The first-order chi connectivity index (χ1) is 14.6. The molecule has 6 heteroatoms. The average Bonchev–Trinajstić information content (AvgIpc) is 3.12. The van der Waals surface area contributed by atoms with Gasteiger partial charge in [0.05, 0.1) is 19.9 Å². The van der Waals surface area contributed by atoms with E-state index in [1.807, 2.05) is 30.3 Å². The number of hydrogen-bond acceptors (Lipinski definition) is 5. The van der Waals surface area contributed by atoms with E-state index in [-0.39, 0.29) is 0 Å². The second-order valence-electron chi connectivity index (χ2n) is 7.11. The summed E-state index contributed by atoms with van der Waals surface area (Å²) in [4.78, 5) is 10.8. The van der Waals surface area contributed by atoms with E-state index in [0.717, 1.165) is 40.2 Å². The molecule has 1 aliphatic rings. The fourth-order valence-corrected chi connectivity index (χ4v) is 3.99. The summed E-state index contributed by atoms with van der Waals surface area (Å²) in [7, 11) is 3.31. The highest BCUT2D eigenvalue weighted by Crippen LogP contribution is 2.43. The standard InChI is InChI=1S/C24H23N3O3/c1-29-19-8-4-17(5-9-19)24(18-6-10-20(30-2)11-7-18)13-12-21-22(16-24)27(14-3-15-28)26-23(21)25/h3-15H,16H2,1-2H3,(H2,25,26). The smallest absolute Gasteiger partial charge is 0.153 e. The zero-order valence-electron chi connectivity index (χ0n) is 16.9. The van der Waals surface area contributed by atoms with Gasteiger partial charge in [-0.1, -0.05) is 36.4 Å². The van der Waals surface area contributed by atoms with Crippen LogP contribution in [0.15, 0.2) is 60.7 Å². The van der Waals surface area contributed by atoms with Crippen molar-refractivity contribution in [3.63, 3.8) is 0 Å². The van der Waals surface area contributed by atoms with Crippen LogP contribution < -0.4 is 15.2 Å². The third-order valence-corrected chi connectivity index (χ3v) is 5.58. The number of carbonyl (C=O) groups is 1. The van der Waals surface area contributed by atoms with E-state index in [1.165, 1.54) is 6.08 Å². The Bertz CT molecular complexity index is 1060. The van der Waals surface area contributed by atoms with Crippen molar-refractivity contribution in [1.82, 2.24) is 9.78 Å². The molecule has 2 N–H and O–H groups in total. The number of allylic oxidation sites excluding steroid dienone is 2. The monoisotopic (exact) mass is 401 g/mol.